The highest BCUT2D eigenvalue weighted by atomic mass is 16.2. The molecule has 0 bridgehead atoms. The Hall–Kier alpha value is -2.82. The van der Waals surface area contributed by atoms with Gasteiger partial charge < -0.3 is 10.6 Å². The fourth-order valence-electron chi connectivity index (χ4n) is 3.17. The molecule has 5 heteroatoms. The Kier molecular flexibility index (Phi) is 5.03. The van der Waals surface area contributed by atoms with Crippen LogP contribution in [0.1, 0.15) is 35.3 Å². The molecule has 2 aromatic carbocycles. The molecule has 0 aromatic heterocycles. The van der Waals surface area contributed by atoms with E-state index in [0.29, 0.717) is 18.7 Å². The van der Waals surface area contributed by atoms with E-state index in [1.807, 2.05) is 42.2 Å². The largest absolute Gasteiger partial charge is 0.352 e. The van der Waals surface area contributed by atoms with Crippen molar-refractivity contribution in [3.8, 4) is 0 Å². The van der Waals surface area contributed by atoms with E-state index in [0.717, 1.165) is 17.7 Å². The van der Waals surface area contributed by atoms with E-state index in [4.69, 9.17) is 0 Å². The van der Waals surface area contributed by atoms with Gasteiger partial charge in [-0.3, -0.25) is 9.69 Å². The maximum Gasteiger partial charge on any atom is 0.322 e. The molecule has 1 aliphatic rings. The number of anilines is 1. The number of benzene rings is 2. The summed E-state index contributed by atoms with van der Waals surface area (Å²) in [6.07, 6.45) is 0.880. The molecule has 0 spiro atoms. The molecule has 2 N–H and O–H groups in total. The zero-order valence-electron chi connectivity index (χ0n) is 14.6. The topological polar surface area (TPSA) is 61.4 Å². The number of nitrogens with zero attached hydrogens (tertiary/aromatic N) is 1. The van der Waals surface area contributed by atoms with Crippen LogP contribution in [0.5, 0.6) is 0 Å². The van der Waals surface area contributed by atoms with Crippen molar-refractivity contribution in [1.29, 1.82) is 0 Å². The fraction of sp³-hybridized carbons (Fsp3) is 0.300. The summed E-state index contributed by atoms with van der Waals surface area (Å²) >= 11 is 0. The van der Waals surface area contributed by atoms with Gasteiger partial charge in [0.25, 0.3) is 5.91 Å². The molecule has 1 heterocycles. The highest BCUT2D eigenvalue weighted by molar-refractivity contribution is 5.95. The minimum absolute atomic E-state index is 0.0828. The number of para-hydroxylation sites is 1. The Bertz CT molecular complexity index is 771. The van der Waals surface area contributed by atoms with E-state index in [1.165, 1.54) is 5.56 Å². The van der Waals surface area contributed by atoms with Gasteiger partial charge in [0.15, 0.2) is 0 Å². The van der Waals surface area contributed by atoms with E-state index in [2.05, 4.69) is 23.6 Å². The van der Waals surface area contributed by atoms with Crippen molar-refractivity contribution in [3.63, 3.8) is 0 Å². The molecular formula is C20H23N3O2. The zero-order valence-corrected chi connectivity index (χ0v) is 14.6. The summed E-state index contributed by atoms with van der Waals surface area (Å²) in [6, 6.07) is 15.4. The lowest BCUT2D eigenvalue weighted by atomic mass is 10.1. The quantitative estimate of drug-likeness (QED) is 0.900. The second-order valence-electron chi connectivity index (χ2n) is 6.27. The Morgan fingerprint density at radius 3 is 2.52 bits per heavy atom. The van der Waals surface area contributed by atoms with E-state index in [-0.39, 0.29) is 18.0 Å². The molecule has 1 atom stereocenters. The van der Waals surface area contributed by atoms with Gasteiger partial charge in [0.2, 0.25) is 0 Å². The first kappa shape index (κ1) is 17.0. The molecule has 0 fully saturated rings. The van der Waals surface area contributed by atoms with E-state index in [1.54, 1.807) is 12.1 Å². The first-order chi connectivity index (χ1) is 12.1. The van der Waals surface area contributed by atoms with Crippen molar-refractivity contribution < 1.29 is 9.59 Å². The zero-order chi connectivity index (χ0) is 17.8. The molecule has 0 radical (unpaired) electrons. The van der Waals surface area contributed by atoms with E-state index >= 15 is 0 Å². The number of amides is 3. The van der Waals surface area contributed by atoms with Gasteiger partial charge in [-0.05, 0) is 49.6 Å². The van der Waals surface area contributed by atoms with Crippen molar-refractivity contribution in [2.24, 2.45) is 0 Å². The van der Waals surface area contributed by atoms with Crippen molar-refractivity contribution in [1.82, 2.24) is 10.6 Å². The van der Waals surface area contributed by atoms with Crippen LogP contribution in [0.4, 0.5) is 10.5 Å². The number of carbonyl (C=O) groups is 2. The Morgan fingerprint density at radius 1 is 1.08 bits per heavy atom. The van der Waals surface area contributed by atoms with Crippen molar-refractivity contribution in [2.45, 2.75) is 32.9 Å². The SMILES string of the molecule is CCNC(=O)c1ccc(CNC(=O)N2c3ccccc3CC2C)cc1. The van der Waals surface area contributed by atoms with Crippen molar-refractivity contribution >= 4 is 17.6 Å². The molecular weight excluding hydrogens is 314 g/mol. The highest BCUT2D eigenvalue weighted by Gasteiger charge is 2.30. The average molecular weight is 337 g/mol. The number of hydrogen-bond donors (Lipinski definition) is 2. The smallest absolute Gasteiger partial charge is 0.322 e. The van der Waals surface area contributed by atoms with Gasteiger partial charge in [-0.15, -0.1) is 0 Å². The lowest BCUT2D eigenvalue weighted by molar-refractivity contribution is 0.0956. The minimum atomic E-state index is -0.0924. The third-order valence-corrected chi connectivity index (χ3v) is 4.42. The minimum Gasteiger partial charge on any atom is -0.352 e. The summed E-state index contributed by atoms with van der Waals surface area (Å²) in [5, 5.41) is 5.74. The maximum absolute atomic E-state index is 12.6. The average Bonchev–Trinajstić information content (AvgIpc) is 2.96. The summed E-state index contributed by atoms with van der Waals surface area (Å²) in [6.45, 7) is 4.98. The molecule has 0 saturated heterocycles. The van der Waals surface area contributed by atoms with Crippen LogP contribution >= 0.6 is 0 Å². The molecule has 2 aromatic rings. The molecule has 5 nitrogen and oxygen atoms in total. The lowest BCUT2D eigenvalue weighted by Gasteiger charge is -2.23. The molecule has 25 heavy (non-hydrogen) atoms. The molecule has 3 rings (SSSR count). The molecule has 1 aliphatic heterocycles. The number of urea groups is 1. The summed E-state index contributed by atoms with van der Waals surface area (Å²) in [4.78, 5) is 26.2. The number of nitrogens with one attached hydrogen (secondary N) is 2. The summed E-state index contributed by atoms with van der Waals surface area (Å²) in [7, 11) is 0. The van der Waals surface area contributed by atoms with Gasteiger partial charge >= 0.3 is 6.03 Å². The predicted molar refractivity (Wildman–Crippen MR) is 98.8 cm³/mol. The van der Waals surface area contributed by atoms with Gasteiger partial charge in [0, 0.05) is 30.4 Å². The second kappa shape index (κ2) is 7.38. The van der Waals surface area contributed by atoms with Crippen LogP contribution in [0.2, 0.25) is 0 Å². The normalized spacial score (nSPS) is 15.6. The Morgan fingerprint density at radius 2 is 1.80 bits per heavy atom. The summed E-state index contributed by atoms with van der Waals surface area (Å²) in [5.41, 5.74) is 3.77. The first-order valence-electron chi connectivity index (χ1n) is 8.62. The van der Waals surface area contributed by atoms with Crippen LogP contribution in [-0.4, -0.2) is 24.5 Å². The van der Waals surface area contributed by atoms with Crippen LogP contribution < -0.4 is 15.5 Å². The summed E-state index contributed by atoms with van der Waals surface area (Å²) < 4.78 is 0. The van der Waals surface area contributed by atoms with Gasteiger partial charge in [-0.1, -0.05) is 30.3 Å². The van der Waals surface area contributed by atoms with Crippen molar-refractivity contribution in [2.75, 3.05) is 11.4 Å². The lowest BCUT2D eigenvalue weighted by Crippen LogP contribution is -2.42. The van der Waals surface area contributed by atoms with Crippen LogP contribution in [0, 0.1) is 0 Å². The maximum atomic E-state index is 12.6. The van der Waals surface area contributed by atoms with E-state index in [9.17, 15) is 9.59 Å². The number of fused-ring (bicyclic) bond motifs is 1. The standard InChI is InChI=1S/C20H23N3O2/c1-3-21-19(24)16-10-8-15(9-11-16)13-22-20(25)23-14(2)12-17-6-4-5-7-18(17)23/h4-11,14H,3,12-13H2,1-2H3,(H,21,24)(H,22,25). The number of hydrogen-bond acceptors (Lipinski definition) is 2. The molecule has 0 aliphatic carbocycles. The van der Waals surface area contributed by atoms with Crippen LogP contribution in [-0.2, 0) is 13.0 Å². The third-order valence-electron chi connectivity index (χ3n) is 4.42. The van der Waals surface area contributed by atoms with Crippen molar-refractivity contribution in [3.05, 3.63) is 65.2 Å². The fourth-order valence-corrected chi connectivity index (χ4v) is 3.17. The molecule has 1 unspecified atom stereocenters. The van der Waals surface area contributed by atoms with Crippen LogP contribution in [0.15, 0.2) is 48.5 Å². The van der Waals surface area contributed by atoms with Gasteiger partial charge in [-0.25, -0.2) is 4.79 Å². The number of rotatable bonds is 4. The first-order valence-corrected chi connectivity index (χ1v) is 8.62. The number of carbonyl (C=O) groups excluding carboxylic acids is 2. The van der Waals surface area contributed by atoms with Gasteiger partial charge in [0.1, 0.15) is 0 Å². The third kappa shape index (κ3) is 3.65. The monoisotopic (exact) mass is 337 g/mol. The van der Waals surface area contributed by atoms with E-state index < -0.39 is 0 Å². The molecule has 130 valence electrons. The Labute approximate surface area is 148 Å². The van der Waals surface area contributed by atoms with Gasteiger partial charge in [-0.2, -0.15) is 0 Å². The van der Waals surface area contributed by atoms with Gasteiger partial charge in [0.05, 0.1) is 0 Å². The Balaban J connectivity index is 1.62. The summed E-state index contributed by atoms with van der Waals surface area (Å²) in [5.74, 6) is -0.0828. The molecule has 0 saturated carbocycles. The van der Waals surface area contributed by atoms with Crippen LogP contribution in [0.25, 0.3) is 0 Å². The molecule has 3 amide bonds. The highest BCUT2D eigenvalue weighted by Crippen LogP contribution is 2.31. The predicted octanol–water partition coefficient (Wildman–Crippen LogP) is 3.10. The second-order valence-corrected chi connectivity index (χ2v) is 6.27. The van der Waals surface area contributed by atoms with Crippen LogP contribution in [0.3, 0.4) is 0 Å².